The second kappa shape index (κ2) is 64.3. The fourth-order valence-corrected chi connectivity index (χ4v) is 8.73. The van der Waals surface area contributed by atoms with E-state index >= 15 is 0 Å². The molecule has 6 nitrogen and oxygen atoms in total. The summed E-state index contributed by atoms with van der Waals surface area (Å²) in [5, 5.41) is 0. The molecule has 0 aromatic carbocycles. The van der Waals surface area contributed by atoms with Crippen LogP contribution in [-0.2, 0) is 28.6 Å². The molecule has 438 valence electrons. The SMILES string of the molecule is CC/C=C\C/C=C\C/C=C\C/C=C\C/C=C\C/C=C\CCCCC(=O)OCC(COC(=O)CCCCCC/C=C\C/C=C\C/C=C\C/C=C\CC)OC(=O)CCCCCCCCCCCCCCCCCCCCCCC. The van der Waals surface area contributed by atoms with Crippen molar-refractivity contribution >= 4 is 17.9 Å². The van der Waals surface area contributed by atoms with E-state index in [1.807, 2.05) is 0 Å². The van der Waals surface area contributed by atoms with E-state index in [2.05, 4.69) is 142 Å². The van der Waals surface area contributed by atoms with Gasteiger partial charge < -0.3 is 14.2 Å². The van der Waals surface area contributed by atoms with Crippen molar-refractivity contribution in [1.82, 2.24) is 0 Å². The van der Waals surface area contributed by atoms with E-state index < -0.39 is 6.10 Å². The summed E-state index contributed by atoms with van der Waals surface area (Å²) < 4.78 is 16.9. The second-order valence-electron chi connectivity index (χ2n) is 20.9. The summed E-state index contributed by atoms with van der Waals surface area (Å²) in [5.74, 6) is -0.964. The number of rotatable bonds is 57. The molecular weight excluding hydrogens is 949 g/mol. The molecule has 6 heteroatoms. The molecule has 0 spiro atoms. The third-order valence-corrected chi connectivity index (χ3v) is 13.5. The fraction of sp³-hybridized carbons (Fsp3) is 0.676. The maximum Gasteiger partial charge on any atom is 0.306 e. The van der Waals surface area contributed by atoms with Crippen LogP contribution in [-0.4, -0.2) is 37.2 Å². The predicted octanol–water partition coefficient (Wildman–Crippen LogP) is 22.0. The number of esters is 3. The van der Waals surface area contributed by atoms with Crippen molar-refractivity contribution in [2.24, 2.45) is 0 Å². The molecule has 0 fully saturated rings. The van der Waals surface area contributed by atoms with Crippen LogP contribution in [0.25, 0.3) is 0 Å². The van der Waals surface area contributed by atoms with Crippen LogP contribution in [0.15, 0.2) is 122 Å². The van der Waals surface area contributed by atoms with Crippen LogP contribution in [0, 0.1) is 0 Å². The molecule has 0 N–H and O–H groups in total. The Kier molecular flexibility index (Phi) is 60.8. The van der Waals surface area contributed by atoms with Gasteiger partial charge in [0.25, 0.3) is 0 Å². The van der Waals surface area contributed by atoms with Gasteiger partial charge in [0.1, 0.15) is 13.2 Å². The number of ether oxygens (including phenoxy) is 3. The number of allylic oxidation sites excluding steroid dienone is 20. The predicted molar refractivity (Wildman–Crippen MR) is 334 cm³/mol. The number of unbranched alkanes of at least 4 members (excludes halogenated alkanes) is 26. The number of hydrogen-bond donors (Lipinski definition) is 0. The lowest BCUT2D eigenvalue weighted by Crippen LogP contribution is -2.30. The molecule has 0 heterocycles. The van der Waals surface area contributed by atoms with Crippen molar-refractivity contribution in [3.63, 3.8) is 0 Å². The van der Waals surface area contributed by atoms with Gasteiger partial charge in [0, 0.05) is 19.3 Å². The van der Waals surface area contributed by atoms with E-state index in [-0.39, 0.29) is 31.1 Å². The van der Waals surface area contributed by atoms with Crippen LogP contribution in [0.2, 0.25) is 0 Å². The lowest BCUT2D eigenvalue weighted by Gasteiger charge is -2.18. The molecule has 0 aromatic heterocycles. The zero-order chi connectivity index (χ0) is 55.7. The summed E-state index contributed by atoms with van der Waals surface area (Å²) in [6, 6.07) is 0. The summed E-state index contributed by atoms with van der Waals surface area (Å²) in [5.41, 5.74) is 0. The highest BCUT2D eigenvalue weighted by Gasteiger charge is 2.19. The van der Waals surface area contributed by atoms with E-state index in [1.165, 1.54) is 116 Å². The van der Waals surface area contributed by atoms with Gasteiger partial charge in [-0.2, -0.15) is 0 Å². The topological polar surface area (TPSA) is 78.9 Å². The van der Waals surface area contributed by atoms with Gasteiger partial charge >= 0.3 is 17.9 Å². The summed E-state index contributed by atoms with van der Waals surface area (Å²) in [4.78, 5) is 38.3. The van der Waals surface area contributed by atoms with Crippen molar-refractivity contribution in [3.8, 4) is 0 Å². The van der Waals surface area contributed by atoms with Crippen LogP contribution in [0.3, 0.4) is 0 Å². The Bertz CT molecular complexity index is 1600. The molecule has 77 heavy (non-hydrogen) atoms. The van der Waals surface area contributed by atoms with Crippen LogP contribution in [0.5, 0.6) is 0 Å². The standard InChI is InChI=1S/C71H118O6/c1-4-7-10-13-16-19-22-25-28-31-33-35-37-40-43-46-49-52-55-58-61-64-70(73)76-67-68(66-75-69(72)63-60-57-54-51-48-45-42-39-30-27-24-21-18-15-12-9-6-3)77-71(74)65-62-59-56-53-50-47-44-41-38-36-34-32-29-26-23-20-17-14-11-8-5-2/h7,9-10,12,16,18-19,21,25,27-28,30,33,35,40,42-43,45,49,52,68H,4-6,8,11,13-15,17,20,22-24,26,29,31-32,34,36-39,41,44,46-48,50-51,53-67H2,1-3H3/b10-7-,12-9-,19-16-,21-18-,28-25-,30-27-,35-33-,43-40-,45-42-,52-49-. The lowest BCUT2D eigenvalue weighted by molar-refractivity contribution is -0.167. The molecule has 0 rings (SSSR count). The highest BCUT2D eigenvalue weighted by molar-refractivity contribution is 5.71. The van der Waals surface area contributed by atoms with Gasteiger partial charge in [-0.1, -0.05) is 284 Å². The van der Waals surface area contributed by atoms with E-state index in [1.54, 1.807) is 0 Å². The first kappa shape index (κ1) is 72.8. The Morgan fingerprint density at radius 1 is 0.273 bits per heavy atom. The Morgan fingerprint density at radius 2 is 0.506 bits per heavy atom. The first-order valence-electron chi connectivity index (χ1n) is 32.0. The van der Waals surface area contributed by atoms with Gasteiger partial charge in [0.15, 0.2) is 6.10 Å². The molecule has 1 unspecified atom stereocenters. The third kappa shape index (κ3) is 62.5. The van der Waals surface area contributed by atoms with E-state index in [0.29, 0.717) is 25.7 Å². The van der Waals surface area contributed by atoms with Crippen LogP contribution in [0.1, 0.15) is 290 Å². The number of hydrogen-bond acceptors (Lipinski definition) is 6. The van der Waals surface area contributed by atoms with Gasteiger partial charge in [0.2, 0.25) is 0 Å². The van der Waals surface area contributed by atoms with E-state index in [4.69, 9.17) is 14.2 Å². The van der Waals surface area contributed by atoms with Crippen molar-refractivity contribution in [3.05, 3.63) is 122 Å². The molecule has 0 aliphatic carbocycles. The van der Waals surface area contributed by atoms with Gasteiger partial charge in [0.05, 0.1) is 0 Å². The zero-order valence-electron chi connectivity index (χ0n) is 50.2. The maximum atomic E-state index is 12.9. The van der Waals surface area contributed by atoms with Crippen LogP contribution >= 0.6 is 0 Å². The highest BCUT2D eigenvalue weighted by Crippen LogP contribution is 2.16. The second-order valence-corrected chi connectivity index (χ2v) is 20.9. The average molecular weight is 1070 g/mol. The van der Waals surface area contributed by atoms with Crippen LogP contribution in [0.4, 0.5) is 0 Å². The number of carbonyl (C=O) groups is 3. The number of carbonyl (C=O) groups excluding carboxylic acids is 3. The molecular formula is C71H118O6. The molecule has 0 bridgehead atoms. The fourth-order valence-electron chi connectivity index (χ4n) is 8.73. The van der Waals surface area contributed by atoms with E-state index in [0.717, 1.165) is 128 Å². The lowest BCUT2D eigenvalue weighted by atomic mass is 10.0. The summed E-state index contributed by atoms with van der Waals surface area (Å²) in [6.07, 6.45) is 89.2. The summed E-state index contributed by atoms with van der Waals surface area (Å²) >= 11 is 0. The van der Waals surface area contributed by atoms with E-state index in [9.17, 15) is 14.4 Å². The molecule has 0 aliphatic rings. The van der Waals surface area contributed by atoms with Gasteiger partial charge in [-0.25, -0.2) is 0 Å². The van der Waals surface area contributed by atoms with Crippen LogP contribution < -0.4 is 0 Å². The maximum absolute atomic E-state index is 12.9. The quantitative estimate of drug-likeness (QED) is 0.0261. The van der Waals surface area contributed by atoms with Crippen molar-refractivity contribution in [2.75, 3.05) is 13.2 Å². The van der Waals surface area contributed by atoms with Crippen molar-refractivity contribution < 1.29 is 28.6 Å². The molecule has 0 amide bonds. The Labute approximate surface area is 475 Å². The highest BCUT2D eigenvalue weighted by atomic mass is 16.6. The minimum Gasteiger partial charge on any atom is -0.462 e. The largest absolute Gasteiger partial charge is 0.462 e. The summed E-state index contributed by atoms with van der Waals surface area (Å²) in [7, 11) is 0. The van der Waals surface area contributed by atoms with Gasteiger partial charge in [-0.05, 0) is 109 Å². The zero-order valence-corrected chi connectivity index (χ0v) is 50.2. The van der Waals surface area contributed by atoms with Crippen molar-refractivity contribution in [2.45, 2.75) is 297 Å². The monoisotopic (exact) mass is 1070 g/mol. The summed E-state index contributed by atoms with van der Waals surface area (Å²) in [6.45, 7) is 6.38. The Balaban J connectivity index is 4.48. The van der Waals surface area contributed by atoms with Crippen molar-refractivity contribution in [1.29, 1.82) is 0 Å². The first-order valence-corrected chi connectivity index (χ1v) is 32.0. The minimum atomic E-state index is -0.810. The normalized spacial score (nSPS) is 12.9. The molecule has 0 saturated heterocycles. The van der Waals surface area contributed by atoms with Gasteiger partial charge in [-0.3, -0.25) is 14.4 Å². The molecule has 0 aromatic rings. The van der Waals surface area contributed by atoms with Gasteiger partial charge in [-0.15, -0.1) is 0 Å². The molecule has 0 radical (unpaired) electrons. The third-order valence-electron chi connectivity index (χ3n) is 13.5. The molecule has 0 aliphatic heterocycles. The molecule has 1 atom stereocenters. The Morgan fingerprint density at radius 3 is 0.818 bits per heavy atom. The first-order chi connectivity index (χ1) is 38.0. The molecule has 0 saturated carbocycles. The minimum absolute atomic E-state index is 0.105. The average Bonchev–Trinajstić information content (AvgIpc) is 3.43. The Hall–Kier alpha value is -4.19. The smallest absolute Gasteiger partial charge is 0.306 e.